The summed E-state index contributed by atoms with van der Waals surface area (Å²) < 4.78 is 5.36. The lowest BCUT2D eigenvalue weighted by atomic mass is 10.4. The SMILES string of the molecule is Cc1ccc(CNc2cn[nH]c(=O)c2Cl)o1. The molecule has 2 heterocycles. The van der Waals surface area contributed by atoms with Crippen molar-refractivity contribution in [3.05, 3.63) is 45.2 Å². The molecule has 0 saturated heterocycles. The number of aryl methyl sites for hydroxylation is 1. The Hall–Kier alpha value is -1.75. The third kappa shape index (κ3) is 2.25. The van der Waals surface area contributed by atoms with E-state index in [0.717, 1.165) is 11.5 Å². The van der Waals surface area contributed by atoms with Gasteiger partial charge in [-0.1, -0.05) is 11.6 Å². The first-order chi connectivity index (χ1) is 7.66. The number of rotatable bonds is 3. The topological polar surface area (TPSA) is 70.9 Å². The molecule has 2 rings (SSSR count). The maximum atomic E-state index is 11.1. The normalized spacial score (nSPS) is 10.4. The molecule has 0 saturated carbocycles. The Balaban J connectivity index is 2.10. The molecular formula is C10H10ClN3O2. The van der Waals surface area contributed by atoms with Crippen LogP contribution >= 0.6 is 11.6 Å². The molecule has 84 valence electrons. The largest absolute Gasteiger partial charge is 0.465 e. The van der Waals surface area contributed by atoms with Gasteiger partial charge in [-0.15, -0.1) is 0 Å². The third-order valence-corrected chi connectivity index (χ3v) is 2.42. The van der Waals surface area contributed by atoms with Crippen molar-refractivity contribution in [3.8, 4) is 0 Å². The third-order valence-electron chi connectivity index (χ3n) is 2.04. The number of hydrogen-bond acceptors (Lipinski definition) is 4. The molecule has 0 bridgehead atoms. The Morgan fingerprint density at radius 1 is 1.56 bits per heavy atom. The van der Waals surface area contributed by atoms with Crippen molar-refractivity contribution in [3.63, 3.8) is 0 Å². The average Bonchev–Trinajstić information content (AvgIpc) is 2.67. The summed E-state index contributed by atoms with van der Waals surface area (Å²) in [6.45, 7) is 2.32. The van der Waals surface area contributed by atoms with E-state index in [2.05, 4.69) is 15.5 Å². The molecule has 5 nitrogen and oxygen atoms in total. The molecule has 2 N–H and O–H groups in total. The van der Waals surface area contributed by atoms with Crippen LogP contribution in [0.25, 0.3) is 0 Å². The number of anilines is 1. The fourth-order valence-corrected chi connectivity index (χ4v) is 1.43. The van der Waals surface area contributed by atoms with E-state index in [1.54, 1.807) is 0 Å². The van der Waals surface area contributed by atoms with Crippen molar-refractivity contribution in [2.45, 2.75) is 13.5 Å². The number of hydrogen-bond donors (Lipinski definition) is 2. The van der Waals surface area contributed by atoms with Gasteiger partial charge in [0.05, 0.1) is 18.4 Å². The zero-order valence-electron chi connectivity index (χ0n) is 8.58. The van der Waals surface area contributed by atoms with Crippen molar-refractivity contribution in [1.29, 1.82) is 0 Å². The summed E-state index contributed by atoms with van der Waals surface area (Å²) in [6, 6.07) is 3.73. The summed E-state index contributed by atoms with van der Waals surface area (Å²) in [6.07, 6.45) is 1.46. The lowest BCUT2D eigenvalue weighted by molar-refractivity contribution is 0.490. The number of aromatic nitrogens is 2. The number of H-pyrrole nitrogens is 1. The smallest absolute Gasteiger partial charge is 0.285 e. The van der Waals surface area contributed by atoms with E-state index < -0.39 is 5.56 Å². The molecule has 0 amide bonds. The van der Waals surface area contributed by atoms with Gasteiger partial charge in [0, 0.05) is 0 Å². The quantitative estimate of drug-likeness (QED) is 0.859. The van der Waals surface area contributed by atoms with Gasteiger partial charge in [0.1, 0.15) is 16.5 Å². The lowest BCUT2D eigenvalue weighted by Crippen LogP contribution is -2.11. The van der Waals surface area contributed by atoms with E-state index in [1.807, 2.05) is 19.1 Å². The Labute approximate surface area is 96.4 Å². The van der Waals surface area contributed by atoms with E-state index in [9.17, 15) is 4.79 Å². The van der Waals surface area contributed by atoms with Crippen LogP contribution in [0.4, 0.5) is 5.69 Å². The molecule has 0 atom stereocenters. The summed E-state index contributed by atoms with van der Waals surface area (Å²) in [5.74, 6) is 1.61. The highest BCUT2D eigenvalue weighted by Crippen LogP contribution is 2.16. The number of aromatic amines is 1. The highest BCUT2D eigenvalue weighted by molar-refractivity contribution is 6.32. The molecule has 0 aliphatic carbocycles. The highest BCUT2D eigenvalue weighted by atomic mass is 35.5. The van der Waals surface area contributed by atoms with Gasteiger partial charge in [-0.25, -0.2) is 5.10 Å². The van der Waals surface area contributed by atoms with Crippen LogP contribution in [-0.2, 0) is 6.54 Å². The second-order valence-electron chi connectivity index (χ2n) is 3.29. The maximum absolute atomic E-state index is 11.1. The number of halogens is 1. The minimum Gasteiger partial charge on any atom is -0.465 e. The van der Waals surface area contributed by atoms with Gasteiger partial charge < -0.3 is 9.73 Å². The summed E-state index contributed by atoms with van der Waals surface area (Å²) in [5.41, 5.74) is 0.0711. The van der Waals surface area contributed by atoms with Crippen LogP contribution in [0, 0.1) is 6.92 Å². The van der Waals surface area contributed by atoms with Crippen LogP contribution < -0.4 is 10.9 Å². The fourth-order valence-electron chi connectivity index (χ4n) is 1.27. The van der Waals surface area contributed by atoms with E-state index in [-0.39, 0.29) is 5.02 Å². The van der Waals surface area contributed by atoms with Gasteiger partial charge in [-0.3, -0.25) is 4.79 Å². The standard InChI is InChI=1S/C10H10ClN3O2/c1-6-2-3-7(16-6)4-12-8-5-13-14-10(15)9(8)11/h2-3,5H,4H2,1H3,(H2,12,14,15). The average molecular weight is 240 g/mol. The minimum absolute atomic E-state index is 0.0956. The Morgan fingerprint density at radius 3 is 3.06 bits per heavy atom. The summed E-state index contributed by atoms with van der Waals surface area (Å²) in [4.78, 5) is 11.1. The predicted molar refractivity (Wildman–Crippen MR) is 60.6 cm³/mol. The first-order valence-electron chi connectivity index (χ1n) is 4.69. The van der Waals surface area contributed by atoms with Crippen LogP contribution in [0.3, 0.4) is 0 Å². The molecule has 0 radical (unpaired) electrons. The van der Waals surface area contributed by atoms with E-state index >= 15 is 0 Å². The van der Waals surface area contributed by atoms with Crippen molar-refractivity contribution in [2.75, 3.05) is 5.32 Å². The van der Waals surface area contributed by atoms with E-state index in [4.69, 9.17) is 16.0 Å². The highest BCUT2D eigenvalue weighted by Gasteiger charge is 2.05. The van der Waals surface area contributed by atoms with Gasteiger partial charge in [0.25, 0.3) is 5.56 Å². The van der Waals surface area contributed by atoms with Crippen molar-refractivity contribution >= 4 is 17.3 Å². The zero-order chi connectivity index (χ0) is 11.5. The molecule has 0 aliphatic heterocycles. The lowest BCUT2D eigenvalue weighted by Gasteiger charge is -2.04. The fraction of sp³-hybridized carbons (Fsp3) is 0.200. The Bertz CT molecular complexity index is 547. The molecule has 0 spiro atoms. The second-order valence-corrected chi connectivity index (χ2v) is 3.67. The van der Waals surface area contributed by atoms with Crippen LogP contribution in [0.1, 0.15) is 11.5 Å². The van der Waals surface area contributed by atoms with Crippen LogP contribution in [0.15, 0.2) is 27.5 Å². The number of nitrogens with zero attached hydrogens (tertiary/aromatic N) is 1. The van der Waals surface area contributed by atoms with E-state index in [1.165, 1.54) is 6.20 Å². The maximum Gasteiger partial charge on any atom is 0.285 e. The van der Waals surface area contributed by atoms with Crippen molar-refractivity contribution in [2.24, 2.45) is 0 Å². The van der Waals surface area contributed by atoms with E-state index in [0.29, 0.717) is 12.2 Å². The molecule has 2 aromatic rings. The number of nitrogens with one attached hydrogen (secondary N) is 2. The second kappa shape index (κ2) is 4.40. The number of furan rings is 1. The first-order valence-corrected chi connectivity index (χ1v) is 5.07. The van der Waals surface area contributed by atoms with Crippen LogP contribution in [0.5, 0.6) is 0 Å². The van der Waals surface area contributed by atoms with Crippen LogP contribution in [-0.4, -0.2) is 10.2 Å². The summed E-state index contributed by atoms with van der Waals surface area (Å²) in [7, 11) is 0. The van der Waals surface area contributed by atoms with Gasteiger partial charge in [-0.05, 0) is 19.1 Å². The Kier molecular flexibility index (Phi) is 2.96. The van der Waals surface area contributed by atoms with Gasteiger partial charge in [0.15, 0.2) is 0 Å². The van der Waals surface area contributed by atoms with Gasteiger partial charge >= 0.3 is 0 Å². The molecular weight excluding hydrogens is 230 g/mol. The summed E-state index contributed by atoms with van der Waals surface area (Å²) in [5, 5.41) is 8.96. The Morgan fingerprint density at radius 2 is 2.38 bits per heavy atom. The molecule has 0 aliphatic rings. The minimum atomic E-state index is -0.415. The molecule has 6 heteroatoms. The van der Waals surface area contributed by atoms with Gasteiger partial charge in [0.2, 0.25) is 0 Å². The molecule has 0 unspecified atom stereocenters. The molecule has 16 heavy (non-hydrogen) atoms. The predicted octanol–water partition coefficient (Wildman–Crippen LogP) is 1.94. The molecule has 0 aromatic carbocycles. The molecule has 2 aromatic heterocycles. The van der Waals surface area contributed by atoms with Crippen LogP contribution in [0.2, 0.25) is 5.02 Å². The monoisotopic (exact) mass is 239 g/mol. The zero-order valence-corrected chi connectivity index (χ0v) is 9.34. The van der Waals surface area contributed by atoms with Gasteiger partial charge in [-0.2, -0.15) is 5.10 Å². The van der Waals surface area contributed by atoms with Crippen molar-refractivity contribution < 1.29 is 4.42 Å². The molecule has 0 fully saturated rings. The first kappa shape index (κ1) is 10.8. The summed E-state index contributed by atoms with van der Waals surface area (Å²) >= 11 is 5.79. The van der Waals surface area contributed by atoms with Crippen molar-refractivity contribution in [1.82, 2.24) is 10.2 Å².